The molecule has 0 spiro atoms. The number of benzene rings is 2. The lowest BCUT2D eigenvalue weighted by molar-refractivity contribution is -0.148. The van der Waals surface area contributed by atoms with Crippen LogP contribution in [0.4, 0.5) is 5.69 Å². The minimum Gasteiger partial charge on any atom is -0.463 e. The van der Waals surface area contributed by atoms with E-state index in [1.807, 2.05) is 19.1 Å². The first-order chi connectivity index (χ1) is 11.9. The second kappa shape index (κ2) is 8.21. The average Bonchev–Trinajstić information content (AvgIpc) is 2.62. The molecule has 0 bridgehead atoms. The topological polar surface area (TPSA) is 84.8 Å². The third-order valence-corrected chi connectivity index (χ3v) is 3.51. The predicted octanol–water partition coefficient (Wildman–Crippen LogP) is 3.04. The Morgan fingerprint density at radius 3 is 2.16 bits per heavy atom. The van der Waals surface area contributed by atoms with E-state index in [2.05, 4.69) is 15.3 Å². The highest BCUT2D eigenvalue weighted by molar-refractivity contribution is 6.80. The van der Waals surface area contributed by atoms with Crippen molar-refractivity contribution in [2.24, 2.45) is 5.10 Å². The molecule has 2 aromatic carbocycles. The van der Waals surface area contributed by atoms with E-state index in [1.165, 1.54) is 24.3 Å². The smallest absolute Gasteiger partial charge is 0.381 e. The first-order valence-corrected chi connectivity index (χ1v) is 7.63. The van der Waals surface area contributed by atoms with Crippen LogP contribution in [0.1, 0.15) is 15.9 Å². The second-order valence-corrected chi connectivity index (χ2v) is 5.53. The monoisotopic (exact) mass is 358 g/mol. The number of hydrogen-bond acceptors (Lipinski definition) is 6. The van der Waals surface area contributed by atoms with E-state index in [0.717, 1.165) is 12.7 Å². The zero-order valence-electron chi connectivity index (χ0n) is 13.6. The van der Waals surface area contributed by atoms with E-state index < -0.39 is 23.2 Å². The van der Waals surface area contributed by atoms with Crippen molar-refractivity contribution in [2.75, 3.05) is 12.5 Å². The van der Waals surface area contributed by atoms with Crippen LogP contribution < -0.4 is 5.43 Å². The first-order valence-electron chi connectivity index (χ1n) is 7.25. The fourth-order valence-electron chi connectivity index (χ4n) is 1.88. The van der Waals surface area contributed by atoms with Crippen LogP contribution in [0.25, 0.3) is 0 Å². The molecule has 0 amide bonds. The van der Waals surface area contributed by atoms with Crippen LogP contribution in [0, 0.1) is 6.92 Å². The SMILES string of the molecule is COC(=O)C(=O)C(=NNc1ccc(C)cc1)C(=O)c1ccc(Cl)cc1. The summed E-state index contributed by atoms with van der Waals surface area (Å²) in [5, 5.41) is 4.26. The number of carbonyl (C=O) groups excluding carboxylic acids is 3. The number of Topliss-reactive ketones (excluding diaryl/α,β-unsaturated/α-hetero) is 2. The standard InChI is InChI=1S/C18H15ClN2O4/c1-11-3-9-14(10-4-11)20-21-15(17(23)18(24)25-2)16(22)12-5-7-13(19)8-6-12/h3-10,20H,1-2H3. The fourth-order valence-corrected chi connectivity index (χ4v) is 2.01. The molecule has 0 aliphatic carbocycles. The van der Waals surface area contributed by atoms with Crippen molar-refractivity contribution in [3.05, 3.63) is 64.7 Å². The maximum atomic E-state index is 12.6. The van der Waals surface area contributed by atoms with Crippen LogP contribution in [-0.4, -0.2) is 30.4 Å². The van der Waals surface area contributed by atoms with Gasteiger partial charge in [0.15, 0.2) is 5.71 Å². The van der Waals surface area contributed by atoms with Gasteiger partial charge in [0.05, 0.1) is 12.8 Å². The lowest BCUT2D eigenvalue weighted by atomic mass is 10.0. The first kappa shape index (κ1) is 18.4. The van der Waals surface area contributed by atoms with Gasteiger partial charge in [-0.2, -0.15) is 5.10 Å². The molecule has 25 heavy (non-hydrogen) atoms. The minimum absolute atomic E-state index is 0.172. The molecule has 1 N–H and O–H groups in total. The molecule has 0 saturated heterocycles. The average molecular weight is 359 g/mol. The fraction of sp³-hybridized carbons (Fsp3) is 0.111. The number of aryl methyl sites for hydroxylation is 1. The van der Waals surface area contributed by atoms with Crippen molar-refractivity contribution in [3.8, 4) is 0 Å². The van der Waals surface area contributed by atoms with E-state index in [-0.39, 0.29) is 5.56 Å². The summed E-state index contributed by atoms with van der Waals surface area (Å²) in [7, 11) is 1.05. The molecule has 0 aliphatic rings. The predicted molar refractivity (Wildman–Crippen MR) is 95.0 cm³/mol. The molecule has 2 aromatic rings. The van der Waals surface area contributed by atoms with Gasteiger partial charge in [0.2, 0.25) is 5.78 Å². The highest BCUT2D eigenvalue weighted by atomic mass is 35.5. The minimum atomic E-state index is -1.17. The summed E-state index contributed by atoms with van der Waals surface area (Å²) < 4.78 is 4.40. The van der Waals surface area contributed by atoms with Gasteiger partial charge in [0, 0.05) is 10.6 Å². The maximum absolute atomic E-state index is 12.6. The number of anilines is 1. The van der Waals surface area contributed by atoms with Crippen LogP contribution in [0.2, 0.25) is 5.02 Å². The zero-order chi connectivity index (χ0) is 18.4. The highest BCUT2D eigenvalue weighted by Crippen LogP contribution is 2.12. The molecule has 128 valence electrons. The molecule has 2 rings (SSSR count). The lowest BCUT2D eigenvalue weighted by Gasteiger charge is -2.06. The van der Waals surface area contributed by atoms with Crippen molar-refractivity contribution in [1.29, 1.82) is 0 Å². The van der Waals surface area contributed by atoms with Gasteiger partial charge >= 0.3 is 5.97 Å². The quantitative estimate of drug-likeness (QED) is 0.214. The van der Waals surface area contributed by atoms with Gasteiger partial charge in [-0.1, -0.05) is 29.3 Å². The summed E-state index contributed by atoms with van der Waals surface area (Å²) >= 11 is 5.79. The van der Waals surface area contributed by atoms with Crippen molar-refractivity contribution >= 4 is 40.5 Å². The summed E-state index contributed by atoms with van der Waals surface area (Å²) in [5.41, 5.74) is 3.80. The van der Waals surface area contributed by atoms with E-state index in [4.69, 9.17) is 11.6 Å². The van der Waals surface area contributed by atoms with Gasteiger partial charge in [-0.25, -0.2) is 4.79 Å². The molecule has 0 aromatic heterocycles. The van der Waals surface area contributed by atoms with Gasteiger partial charge in [-0.15, -0.1) is 0 Å². The number of nitrogens with one attached hydrogen (secondary N) is 1. The Labute approximate surface area is 149 Å². The number of halogens is 1. The Hall–Kier alpha value is -2.99. The normalized spacial score (nSPS) is 10.9. The summed E-state index contributed by atoms with van der Waals surface area (Å²) in [4.78, 5) is 36.2. The highest BCUT2D eigenvalue weighted by Gasteiger charge is 2.28. The number of nitrogens with zero attached hydrogens (tertiary/aromatic N) is 1. The molecule has 0 unspecified atom stereocenters. The van der Waals surface area contributed by atoms with Crippen molar-refractivity contribution in [3.63, 3.8) is 0 Å². The van der Waals surface area contributed by atoms with Crippen LogP contribution in [-0.2, 0) is 14.3 Å². The van der Waals surface area contributed by atoms with E-state index in [1.54, 1.807) is 12.1 Å². The third-order valence-electron chi connectivity index (χ3n) is 3.26. The van der Waals surface area contributed by atoms with Gasteiger partial charge in [0.1, 0.15) is 0 Å². The number of ether oxygens (including phenoxy) is 1. The Bertz CT molecular complexity index is 827. The van der Waals surface area contributed by atoms with E-state index in [9.17, 15) is 14.4 Å². The number of hydrazone groups is 1. The van der Waals surface area contributed by atoms with Crippen LogP contribution in [0.5, 0.6) is 0 Å². The molecule has 0 fully saturated rings. The zero-order valence-corrected chi connectivity index (χ0v) is 14.3. The Kier molecular flexibility index (Phi) is 6.03. The van der Waals surface area contributed by atoms with Crippen molar-refractivity contribution in [2.45, 2.75) is 6.92 Å². The van der Waals surface area contributed by atoms with Crippen LogP contribution >= 0.6 is 11.6 Å². The van der Waals surface area contributed by atoms with Gasteiger partial charge in [0.25, 0.3) is 5.78 Å². The molecule has 0 atom stereocenters. The van der Waals surface area contributed by atoms with E-state index >= 15 is 0 Å². The Morgan fingerprint density at radius 1 is 1.00 bits per heavy atom. The van der Waals surface area contributed by atoms with Crippen LogP contribution in [0.3, 0.4) is 0 Å². The molecular formula is C18H15ClN2O4. The number of hydrogen-bond donors (Lipinski definition) is 1. The van der Waals surface area contributed by atoms with Crippen LogP contribution in [0.15, 0.2) is 53.6 Å². The number of rotatable bonds is 6. The summed E-state index contributed by atoms with van der Waals surface area (Å²) in [6.45, 7) is 1.92. The molecule has 0 heterocycles. The molecular weight excluding hydrogens is 344 g/mol. The molecule has 0 radical (unpaired) electrons. The number of ketones is 2. The Morgan fingerprint density at radius 2 is 1.60 bits per heavy atom. The maximum Gasteiger partial charge on any atom is 0.381 e. The summed E-state index contributed by atoms with van der Waals surface area (Å²) in [6.07, 6.45) is 0. The van der Waals surface area contributed by atoms with Gasteiger partial charge in [-0.3, -0.25) is 15.0 Å². The van der Waals surface area contributed by atoms with E-state index in [0.29, 0.717) is 10.7 Å². The molecule has 6 nitrogen and oxygen atoms in total. The van der Waals surface area contributed by atoms with Gasteiger partial charge < -0.3 is 4.74 Å². The molecule has 0 aliphatic heterocycles. The van der Waals surface area contributed by atoms with Crippen molar-refractivity contribution < 1.29 is 19.1 Å². The molecule has 0 saturated carbocycles. The molecule has 7 heteroatoms. The largest absolute Gasteiger partial charge is 0.463 e. The number of methoxy groups -OCH3 is 1. The lowest BCUT2D eigenvalue weighted by Crippen LogP contribution is -2.32. The number of carbonyl (C=O) groups is 3. The second-order valence-electron chi connectivity index (χ2n) is 5.09. The van der Waals surface area contributed by atoms with Crippen molar-refractivity contribution in [1.82, 2.24) is 0 Å². The summed E-state index contributed by atoms with van der Waals surface area (Å²) in [6, 6.07) is 13.0. The Balaban J connectivity index is 2.34. The third kappa shape index (κ3) is 4.74. The number of esters is 1. The van der Waals surface area contributed by atoms with Gasteiger partial charge in [-0.05, 0) is 43.3 Å². The summed E-state index contributed by atoms with van der Waals surface area (Å²) in [5.74, 6) is -3.03.